The van der Waals surface area contributed by atoms with Crippen molar-refractivity contribution in [2.24, 2.45) is 0 Å². The Kier molecular flexibility index (Phi) is 3.76. The molecule has 0 aliphatic heterocycles. The van der Waals surface area contributed by atoms with Crippen LogP contribution in [0.15, 0.2) is 11.8 Å². The molecule has 0 aromatic heterocycles. The monoisotopic (exact) mass is 128 g/mol. The Morgan fingerprint density at radius 2 is 2.00 bits per heavy atom. The minimum Gasteiger partial charge on any atom is -0.512 e. The fourth-order valence-electron chi connectivity index (χ4n) is 0.390. The van der Waals surface area contributed by atoms with Gasteiger partial charge in [0.15, 0.2) is 5.78 Å². The van der Waals surface area contributed by atoms with E-state index in [1.807, 2.05) is 0 Å². The molecule has 9 heavy (non-hydrogen) atoms. The first-order valence-corrected chi connectivity index (χ1v) is 3.13. The maximum atomic E-state index is 10.5. The number of ketones is 1. The lowest BCUT2D eigenvalue weighted by Gasteiger charge is -1.90. The maximum Gasteiger partial charge on any atom is 0.158 e. The average Bonchev–Trinajstić information content (AvgIpc) is 1.87. The molecule has 0 bridgehead atoms. The summed E-state index contributed by atoms with van der Waals surface area (Å²) < 4.78 is 0. The van der Waals surface area contributed by atoms with Crippen LogP contribution in [0.3, 0.4) is 0 Å². The molecule has 2 nitrogen and oxygen atoms in total. The van der Waals surface area contributed by atoms with Gasteiger partial charge in [0.1, 0.15) is 0 Å². The van der Waals surface area contributed by atoms with Crippen molar-refractivity contribution in [3.63, 3.8) is 0 Å². The molecule has 0 saturated carbocycles. The van der Waals surface area contributed by atoms with Gasteiger partial charge >= 0.3 is 0 Å². The lowest BCUT2D eigenvalue weighted by atomic mass is 10.2. The molecule has 2 heteroatoms. The molecule has 0 atom stereocenters. The molecule has 0 rings (SSSR count). The standard InChI is InChI=1S/C7H12O2/c1-3-6(8)5-7(9)4-2/h5,8H,3-4H2,1-2H3/b6-5-. The zero-order valence-electron chi connectivity index (χ0n) is 5.85. The number of hydrogen-bond donors (Lipinski definition) is 1. The smallest absolute Gasteiger partial charge is 0.158 e. The van der Waals surface area contributed by atoms with Crippen molar-refractivity contribution in [2.75, 3.05) is 0 Å². The Bertz CT molecular complexity index is 125. The predicted molar refractivity (Wildman–Crippen MR) is 36.3 cm³/mol. The van der Waals surface area contributed by atoms with Gasteiger partial charge in [0, 0.05) is 18.9 Å². The summed E-state index contributed by atoms with van der Waals surface area (Å²) in [6.07, 6.45) is 2.27. The van der Waals surface area contributed by atoms with E-state index in [1.165, 1.54) is 6.08 Å². The third-order valence-corrected chi connectivity index (χ3v) is 1.04. The molecular formula is C7H12O2. The molecule has 0 aliphatic carbocycles. The van der Waals surface area contributed by atoms with Crippen LogP contribution in [0.1, 0.15) is 26.7 Å². The lowest BCUT2D eigenvalue weighted by Crippen LogP contribution is -1.90. The Morgan fingerprint density at radius 3 is 2.33 bits per heavy atom. The Labute approximate surface area is 55.2 Å². The lowest BCUT2D eigenvalue weighted by molar-refractivity contribution is -0.114. The summed E-state index contributed by atoms with van der Waals surface area (Å²) >= 11 is 0. The summed E-state index contributed by atoms with van der Waals surface area (Å²) in [5.41, 5.74) is 0. The summed E-state index contributed by atoms with van der Waals surface area (Å²) in [5.74, 6) is 0.149. The van der Waals surface area contributed by atoms with E-state index in [2.05, 4.69) is 0 Å². The van der Waals surface area contributed by atoms with Gasteiger partial charge in [-0.1, -0.05) is 13.8 Å². The van der Waals surface area contributed by atoms with Crippen molar-refractivity contribution in [1.82, 2.24) is 0 Å². The fraction of sp³-hybridized carbons (Fsp3) is 0.571. The molecule has 0 radical (unpaired) electrons. The summed E-state index contributed by atoms with van der Waals surface area (Å²) in [7, 11) is 0. The molecule has 52 valence electrons. The molecule has 0 fully saturated rings. The molecule has 0 amide bonds. The van der Waals surface area contributed by atoms with Crippen molar-refractivity contribution in [3.05, 3.63) is 11.8 Å². The molecule has 0 aromatic rings. The van der Waals surface area contributed by atoms with Gasteiger partial charge in [0.25, 0.3) is 0 Å². The van der Waals surface area contributed by atoms with E-state index in [-0.39, 0.29) is 11.5 Å². The summed E-state index contributed by atoms with van der Waals surface area (Å²) in [6.45, 7) is 3.57. The zero-order chi connectivity index (χ0) is 7.28. The highest BCUT2D eigenvalue weighted by atomic mass is 16.3. The highest BCUT2D eigenvalue weighted by molar-refractivity contribution is 5.89. The zero-order valence-corrected chi connectivity index (χ0v) is 5.85. The topological polar surface area (TPSA) is 37.3 Å². The molecular weight excluding hydrogens is 116 g/mol. The largest absolute Gasteiger partial charge is 0.512 e. The Hall–Kier alpha value is -0.790. The summed E-state index contributed by atoms with van der Waals surface area (Å²) in [5, 5.41) is 8.80. The van der Waals surface area contributed by atoms with Crippen molar-refractivity contribution in [1.29, 1.82) is 0 Å². The first kappa shape index (κ1) is 8.21. The first-order valence-electron chi connectivity index (χ1n) is 3.13. The second kappa shape index (κ2) is 4.13. The van der Waals surface area contributed by atoms with E-state index >= 15 is 0 Å². The average molecular weight is 128 g/mol. The van der Waals surface area contributed by atoms with Crippen LogP contribution < -0.4 is 0 Å². The number of carbonyl (C=O) groups excluding carboxylic acids is 1. The van der Waals surface area contributed by atoms with E-state index in [1.54, 1.807) is 13.8 Å². The third-order valence-electron chi connectivity index (χ3n) is 1.04. The fourth-order valence-corrected chi connectivity index (χ4v) is 0.390. The summed E-state index contributed by atoms with van der Waals surface area (Å²) in [4.78, 5) is 10.5. The van der Waals surface area contributed by atoms with E-state index in [0.717, 1.165) is 0 Å². The SMILES string of the molecule is CCC(=O)/C=C(\O)CC. The molecule has 0 heterocycles. The van der Waals surface area contributed by atoms with Crippen LogP contribution in [-0.4, -0.2) is 10.9 Å². The molecule has 1 N–H and O–H groups in total. The first-order chi connectivity index (χ1) is 4.20. The second-order valence-corrected chi connectivity index (χ2v) is 1.81. The number of carbonyl (C=O) groups is 1. The predicted octanol–water partition coefficient (Wildman–Crippen LogP) is 1.82. The Balaban J connectivity index is 3.79. The van der Waals surface area contributed by atoms with E-state index in [9.17, 15) is 4.79 Å². The van der Waals surface area contributed by atoms with Gasteiger partial charge in [-0.3, -0.25) is 4.79 Å². The number of allylic oxidation sites excluding steroid dienone is 2. The number of aliphatic hydroxyl groups is 1. The normalized spacial score (nSPS) is 11.6. The van der Waals surface area contributed by atoms with Crippen LogP contribution in [0, 0.1) is 0 Å². The number of rotatable bonds is 3. The highest BCUT2D eigenvalue weighted by Gasteiger charge is 1.93. The molecule has 0 aromatic carbocycles. The van der Waals surface area contributed by atoms with Gasteiger partial charge in [0.05, 0.1) is 5.76 Å². The molecule has 0 spiro atoms. The number of aliphatic hydroxyl groups excluding tert-OH is 1. The molecule has 0 unspecified atom stereocenters. The van der Waals surface area contributed by atoms with Gasteiger partial charge < -0.3 is 5.11 Å². The Morgan fingerprint density at radius 1 is 1.44 bits per heavy atom. The van der Waals surface area contributed by atoms with Crippen LogP contribution >= 0.6 is 0 Å². The van der Waals surface area contributed by atoms with Crippen LogP contribution in [-0.2, 0) is 4.79 Å². The quantitative estimate of drug-likeness (QED) is 0.465. The third kappa shape index (κ3) is 3.76. The van der Waals surface area contributed by atoms with Crippen molar-refractivity contribution < 1.29 is 9.90 Å². The molecule has 0 saturated heterocycles. The van der Waals surface area contributed by atoms with Crippen LogP contribution in [0.2, 0.25) is 0 Å². The minimum absolute atomic E-state index is 0.0191. The van der Waals surface area contributed by atoms with Gasteiger partial charge in [-0.2, -0.15) is 0 Å². The molecule has 0 aliphatic rings. The van der Waals surface area contributed by atoms with Gasteiger partial charge in [0.2, 0.25) is 0 Å². The number of hydrogen-bond acceptors (Lipinski definition) is 2. The van der Waals surface area contributed by atoms with Crippen LogP contribution in [0.4, 0.5) is 0 Å². The van der Waals surface area contributed by atoms with E-state index in [0.29, 0.717) is 12.8 Å². The summed E-state index contributed by atoms with van der Waals surface area (Å²) in [6, 6.07) is 0. The van der Waals surface area contributed by atoms with Crippen molar-refractivity contribution in [2.45, 2.75) is 26.7 Å². The van der Waals surface area contributed by atoms with Crippen molar-refractivity contribution in [3.8, 4) is 0 Å². The van der Waals surface area contributed by atoms with Crippen molar-refractivity contribution >= 4 is 5.78 Å². The van der Waals surface area contributed by atoms with Gasteiger partial charge in [-0.25, -0.2) is 0 Å². The van der Waals surface area contributed by atoms with Gasteiger partial charge in [-0.15, -0.1) is 0 Å². The van der Waals surface area contributed by atoms with Crippen LogP contribution in [0.5, 0.6) is 0 Å². The highest BCUT2D eigenvalue weighted by Crippen LogP contribution is 1.95. The second-order valence-electron chi connectivity index (χ2n) is 1.81. The van der Waals surface area contributed by atoms with Crippen LogP contribution in [0.25, 0.3) is 0 Å². The van der Waals surface area contributed by atoms with E-state index in [4.69, 9.17) is 5.11 Å². The van der Waals surface area contributed by atoms with E-state index < -0.39 is 0 Å². The minimum atomic E-state index is -0.0191. The van der Waals surface area contributed by atoms with Gasteiger partial charge in [-0.05, 0) is 0 Å². The maximum absolute atomic E-state index is 10.5.